The van der Waals surface area contributed by atoms with E-state index >= 15 is 0 Å². The summed E-state index contributed by atoms with van der Waals surface area (Å²) < 4.78 is 10.6. The molecular formula is C24H30N2O5. The largest absolute Gasteiger partial charge is 0.494 e. The van der Waals surface area contributed by atoms with Crippen LogP contribution in [0.1, 0.15) is 38.1 Å². The summed E-state index contributed by atoms with van der Waals surface area (Å²) in [5.41, 5.74) is 1.13. The second kappa shape index (κ2) is 11.7. The molecule has 2 aromatic carbocycles. The van der Waals surface area contributed by atoms with Crippen molar-refractivity contribution in [2.75, 3.05) is 24.7 Å². The lowest BCUT2D eigenvalue weighted by atomic mass is 10.0. The Hall–Kier alpha value is -3.35. The van der Waals surface area contributed by atoms with Gasteiger partial charge < -0.3 is 19.7 Å². The van der Waals surface area contributed by atoms with Crippen molar-refractivity contribution in [1.82, 2.24) is 5.32 Å². The van der Waals surface area contributed by atoms with Crippen molar-refractivity contribution >= 4 is 23.5 Å². The first-order chi connectivity index (χ1) is 14.9. The topological polar surface area (TPSA) is 84.9 Å². The average Bonchev–Trinajstić information content (AvgIpc) is 2.77. The Labute approximate surface area is 183 Å². The molecule has 1 N–H and O–H groups in total. The van der Waals surface area contributed by atoms with Crippen molar-refractivity contribution in [1.29, 1.82) is 0 Å². The SMILES string of the molecule is CCOc1ccc(C(=O)NC(C(=O)OCC(=O)N(CC)c2ccccc2)C(C)C)cc1. The van der Waals surface area contributed by atoms with Gasteiger partial charge in [-0.25, -0.2) is 4.79 Å². The van der Waals surface area contributed by atoms with Crippen LogP contribution in [0.25, 0.3) is 0 Å². The predicted molar refractivity (Wildman–Crippen MR) is 119 cm³/mol. The van der Waals surface area contributed by atoms with Crippen molar-refractivity contribution in [3.05, 3.63) is 60.2 Å². The molecule has 7 heteroatoms. The minimum atomic E-state index is -0.876. The Kier molecular flexibility index (Phi) is 9.06. The molecule has 0 aromatic heterocycles. The number of carbonyl (C=O) groups is 3. The molecule has 0 aliphatic heterocycles. The van der Waals surface area contributed by atoms with E-state index in [1.54, 1.807) is 38.1 Å². The van der Waals surface area contributed by atoms with Gasteiger partial charge in [-0.3, -0.25) is 9.59 Å². The molecule has 2 aromatic rings. The smallest absolute Gasteiger partial charge is 0.329 e. The number of rotatable bonds is 10. The third-order valence-corrected chi connectivity index (χ3v) is 4.66. The molecule has 31 heavy (non-hydrogen) atoms. The fraction of sp³-hybridized carbons (Fsp3) is 0.375. The summed E-state index contributed by atoms with van der Waals surface area (Å²) in [4.78, 5) is 39.3. The summed E-state index contributed by atoms with van der Waals surface area (Å²) in [5.74, 6) is -0.930. The first kappa shape index (κ1) is 23.9. The highest BCUT2D eigenvalue weighted by Gasteiger charge is 2.27. The van der Waals surface area contributed by atoms with Crippen LogP contribution in [-0.2, 0) is 14.3 Å². The number of ether oxygens (including phenoxy) is 2. The maximum atomic E-state index is 12.6. The van der Waals surface area contributed by atoms with Crippen molar-refractivity contribution in [2.45, 2.75) is 33.7 Å². The quantitative estimate of drug-likeness (QED) is 0.589. The molecule has 0 saturated heterocycles. The van der Waals surface area contributed by atoms with E-state index in [4.69, 9.17) is 9.47 Å². The summed E-state index contributed by atoms with van der Waals surface area (Å²) in [7, 11) is 0. The van der Waals surface area contributed by atoms with Gasteiger partial charge in [0.2, 0.25) is 0 Å². The van der Waals surface area contributed by atoms with Gasteiger partial charge in [-0.05, 0) is 56.2 Å². The second-order valence-corrected chi connectivity index (χ2v) is 7.23. The van der Waals surface area contributed by atoms with Crippen LogP contribution >= 0.6 is 0 Å². The zero-order valence-corrected chi connectivity index (χ0v) is 18.5. The van der Waals surface area contributed by atoms with Crippen LogP contribution in [0.3, 0.4) is 0 Å². The van der Waals surface area contributed by atoms with E-state index in [0.29, 0.717) is 24.5 Å². The maximum absolute atomic E-state index is 12.6. The molecule has 2 amide bonds. The summed E-state index contributed by atoms with van der Waals surface area (Å²) in [6, 6.07) is 14.9. The lowest BCUT2D eigenvalue weighted by molar-refractivity contribution is -0.150. The van der Waals surface area contributed by atoms with Crippen molar-refractivity contribution in [3.63, 3.8) is 0 Å². The molecule has 0 fully saturated rings. The van der Waals surface area contributed by atoms with E-state index < -0.39 is 24.5 Å². The normalized spacial score (nSPS) is 11.5. The molecule has 1 unspecified atom stereocenters. The molecule has 2 rings (SSSR count). The standard InChI is InChI=1S/C24H30N2O5/c1-5-26(19-10-8-7-9-11-19)21(27)16-31-24(29)22(17(3)4)25-23(28)18-12-14-20(15-13-18)30-6-2/h7-15,17,22H,5-6,16H2,1-4H3,(H,25,28). The van der Waals surface area contributed by atoms with Crippen LogP contribution in [0.2, 0.25) is 0 Å². The summed E-state index contributed by atoms with van der Waals surface area (Å²) in [6.45, 7) is 7.91. The van der Waals surface area contributed by atoms with Crippen LogP contribution in [0.15, 0.2) is 54.6 Å². The number of anilines is 1. The molecule has 1 atom stereocenters. The number of likely N-dealkylation sites (N-methyl/N-ethyl adjacent to an activating group) is 1. The Morgan fingerprint density at radius 1 is 0.968 bits per heavy atom. The first-order valence-corrected chi connectivity index (χ1v) is 10.4. The molecule has 0 aliphatic carbocycles. The fourth-order valence-corrected chi connectivity index (χ4v) is 3.00. The van der Waals surface area contributed by atoms with Gasteiger partial charge in [0.25, 0.3) is 11.8 Å². The minimum Gasteiger partial charge on any atom is -0.494 e. The summed E-state index contributed by atoms with van der Waals surface area (Å²) >= 11 is 0. The molecule has 0 saturated carbocycles. The summed E-state index contributed by atoms with van der Waals surface area (Å²) in [5, 5.41) is 2.70. The highest BCUT2D eigenvalue weighted by Crippen LogP contribution is 2.15. The van der Waals surface area contributed by atoms with Crippen LogP contribution in [0.5, 0.6) is 5.75 Å². The number of amides is 2. The average molecular weight is 427 g/mol. The molecule has 0 spiro atoms. The molecule has 0 radical (unpaired) electrons. The number of hydrogen-bond acceptors (Lipinski definition) is 5. The number of para-hydroxylation sites is 1. The Bertz CT molecular complexity index is 865. The van der Waals surface area contributed by atoms with Crippen LogP contribution in [0.4, 0.5) is 5.69 Å². The van der Waals surface area contributed by atoms with Crippen molar-refractivity contribution < 1.29 is 23.9 Å². The van der Waals surface area contributed by atoms with E-state index in [2.05, 4.69) is 5.32 Å². The third kappa shape index (κ3) is 6.84. The van der Waals surface area contributed by atoms with Crippen molar-refractivity contribution in [3.8, 4) is 5.75 Å². The number of benzene rings is 2. The molecule has 166 valence electrons. The van der Waals surface area contributed by atoms with Crippen LogP contribution < -0.4 is 15.0 Å². The number of nitrogens with one attached hydrogen (secondary N) is 1. The summed E-state index contributed by atoms with van der Waals surface area (Å²) in [6.07, 6.45) is 0. The van der Waals surface area contributed by atoms with Gasteiger partial charge >= 0.3 is 5.97 Å². The lowest BCUT2D eigenvalue weighted by Gasteiger charge is -2.23. The van der Waals surface area contributed by atoms with Crippen LogP contribution in [0, 0.1) is 5.92 Å². The lowest BCUT2D eigenvalue weighted by Crippen LogP contribution is -2.46. The van der Waals surface area contributed by atoms with Gasteiger partial charge in [-0.1, -0.05) is 32.0 Å². The van der Waals surface area contributed by atoms with E-state index in [9.17, 15) is 14.4 Å². The van der Waals surface area contributed by atoms with E-state index in [1.807, 2.05) is 44.2 Å². The highest BCUT2D eigenvalue weighted by atomic mass is 16.5. The molecule has 0 aliphatic rings. The van der Waals surface area contributed by atoms with Crippen LogP contribution in [-0.4, -0.2) is 43.6 Å². The zero-order valence-electron chi connectivity index (χ0n) is 18.5. The molecule has 0 heterocycles. The van der Waals surface area contributed by atoms with Gasteiger partial charge in [0.05, 0.1) is 6.61 Å². The first-order valence-electron chi connectivity index (χ1n) is 10.4. The second-order valence-electron chi connectivity index (χ2n) is 7.23. The highest BCUT2D eigenvalue weighted by molar-refractivity contribution is 5.98. The third-order valence-electron chi connectivity index (χ3n) is 4.66. The van der Waals surface area contributed by atoms with Crippen molar-refractivity contribution in [2.24, 2.45) is 5.92 Å². The Morgan fingerprint density at radius 3 is 2.16 bits per heavy atom. The zero-order chi connectivity index (χ0) is 22.8. The monoisotopic (exact) mass is 426 g/mol. The van der Waals surface area contributed by atoms with E-state index in [0.717, 1.165) is 5.69 Å². The van der Waals surface area contributed by atoms with Gasteiger partial charge in [0.1, 0.15) is 11.8 Å². The van der Waals surface area contributed by atoms with E-state index in [1.165, 1.54) is 4.90 Å². The number of esters is 1. The van der Waals surface area contributed by atoms with E-state index in [-0.39, 0.29) is 11.8 Å². The fourth-order valence-electron chi connectivity index (χ4n) is 3.00. The predicted octanol–water partition coefficient (Wildman–Crippen LogP) is 3.44. The van der Waals surface area contributed by atoms with Gasteiger partial charge in [-0.15, -0.1) is 0 Å². The molecule has 0 bridgehead atoms. The Balaban J connectivity index is 1.98. The minimum absolute atomic E-state index is 0.217. The molecular weight excluding hydrogens is 396 g/mol. The number of hydrogen-bond donors (Lipinski definition) is 1. The number of nitrogens with zero attached hydrogens (tertiary/aromatic N) is 1. The molecule has 7 nitrogen and oxygen atoms in total. The van der Waals surface area contributed by atoms with Gasteiger partial charge in [-0.2, -0.15) is 0 Å². The number of carbonyl (C=O) groups excluding carboxylic acids is 3. The van der Waals surface area contributed by atoms with Gasteiger partial charge in [0, 0.05) is 17.8 Å². The maximum Gasteiger partial charge on any atom is 0.329 e. The Morgan fingerprint density at radius 2 is 1.61 bits per heavy atom. The van der Waals surface area contributed by atoms with Gasteiger partial charge in [0.15, 0.2) is 6.61 Å².